The Morgan fingerprint density at radius 2 is 1.64 bits per heavy atom. The van der Waals surface area contributed by atoms with Crippen LogP contribution in [0.15, 0.2) is 30.3 Å². The van der Waals surface area contributed by atoms with Crippen LogP contribution in [0.4, 0.5) is 0 Å². The molecule has 1 aromatic heterocycles. The molecule has 0 atom stereocenters. The molecule has 0 saturated heterocycles. The summed E-state index contributed by atoms with van der Waals surface area (Å²) in [6, 6.07) is 9.47. The molecule has 3 rings (SSSR count). The first kappa shape index (κ1) is 14.9. The average molecular weight is 336 g/mol. The van der Waals surface area contributed by atoms with Gasteiger partial charge in [0.15, 0.2) is 11.5 Å². The van der Waals surface area contributed by atoms with Gasteiger partial charge < -0.3 is 14.2 Å². The van der Waals surface area contributed by atoms with Crippen molar-refractivity contribution in [3.8, 4) is 27.8 Å². The fourth-order valence-corrected chi connectivity index (χ4v) is 3.33. The van der Waals surface area contributed by atoms with E-state index in [1.54, 1.807) is 32.7 Å². The van der Waals surface area contributed by atoms with Gasteiger partial charge in [0.2, 0.25) is 5.75 Å². The number of methoxy groups -OCH3 is 3. The molecule has 0 N–H and O–H groups in total. The number of rotatable bonds is 4. The summed E-state index contributed by atoms with van der Waals surface area (Å²) in [7, 11) is 4.78. The van der Waals surface area contributed by atoms with E-state index in [1.165, 1.54) is 0 Å². The molecular weight excluding hydrogens is 322 g/mol. The van der Waals surface area contributed by atoms with Gasteiger partial charge >= 0.3 is 0 Å². The van der Waals surface area contributed by atoms with Gasteiger partial charge in [0, 0.05) is 10.6 Å². The molecule has 0 unspecified atom stereocenters. The number of nitrogens with zero attached hydrogens (tertiary/aromatic N) is 1. The van der Waals surface area contributed by atoms with E-state index in [-0.39, 0.29) is 0 Å². The molecule has 0 radical (unpaired) electrons. The lowest BCUT2D eigenvalue weighted by molar-refractivity contribution is 0.324. The highest BCUT2D eigenvalue weighted by atomic mass is 35.5. The summed E-state index contributed by atoms with van der Waals surface area (Å²) in [5.41, 5.74) is 1.79. The molecule has 1 heterocycles. The highest BCUT2D eigenvalue weighted by Crippen LogP contribution is 2.42. The first-order chi connectivity index (χ1) is 10.7. The number of ether oxygens (including phenoxy) is 3. The summed E-state index contributed by atoms with van der Waals surface area (Å²) in [5.74, 6) is 1.78. The smallest absolute Gasteiger partial charge is 0.203 e. The predicted octanol–water partition coefficient (Wildman–Crippen LogP) is 4.64. The Morgan fingerprint density at radius 3 is 2.23 bits per heavy atom. The second-order valence-electron chi connectivity index (χ2n) is 4.55. The number of halogens is 1. The standard InChI is InChI=1S/C16H14ClNO3S/c1-19-12-6-9(7-13(20-2)15(12)21-3)16-18-11-8-10(17)4-5-14(11)22-16/h4-8H,1-3H3. The fraction of sp³-hybridized carbons (Fsp3) is 0.188. The molecule has 3 aromatic rings. The summed E-state index contributed by atoms with van der Waals surface area (Å²) >= 11 is 7.61. The quantitative estimate of drug-likeness (QED) is 0.696. The maximum absolute atomic E-state index is 6.02. The summed E-state index contributed by atoms with van der Waals surface area (Å²) in [6.07, 6.45) is 0. The highest BCUT2D eigenvalue weighted by molar-refractivity contribution is 7.21. The summed E-state index contributed by atoms with van der Waals surface area (Å²) < 4.78 is 17.2. The van der Waals surface area contributed by atoms with Crippen LogP contribution in [0.2, 0.25) is 5.02 Å². The van der Waals surface area contributed by atoms with Crippen molar-refractivity contribution >= 4 is 33.2 Å². The first-order valence-corrected chi connectivity index (χ1v) is 7.72. The summed E-state index contributed by atoms with van der Waals surface area (Å²) in [4.78, 5) is 4.63. The number of benzene rings is 2. The van der Waals surface area contributed by atoms with Gasteiger partial charge in [-0.05, 0) is 30.3 Å². The van der Waals surface area contributed by atoms with Gasteiger partial charge in [-0.25, -0.2) is 4.98 Å². The largest absolute Gasteiger partial charge is 0.493 e. The van der Waals surface area contributed by atoms with E-state index in [1.807, 2.05) is 30.3 Å². The van der Waals surface area contributed by atoms with Crippen molar-refractivity contribution in [1.82, 2.24) is 4.98 Å². The third kappa shape index (κ3) is 2.58. The van der Waals surface area contributed by atoms with Crippen molar-refractivity contribution in [3.63, 3.8) is 0 Å². The van der Waals surface area contributed by atoms with Gasteiger partial charge in [-0.2, -0.15) is 0 Å². The molecule has 4 nitrogen and oxygen atoms in total. The minimum Gasteiger partial charge on any atom is -0.493 e. The number of aromatic nitrogens is 1. The monoisotopic (exact) mass is 335 g/mol. The topological polar surface area (TPSA) is 40.6 Å². The lowest BCUT2D eigenvalue weighted by atomic mass is 10.2. The summed E-state index contributed by atoms with van der Waals surface area (Å²) in [6.45, 7) is 0. The number of hydrogen-bond acceptors (Lipinski definition) is 5. The lowest BCUT2D eigenvalue weighted by Crippen LogP contribution is -1.95. The lowest BCUT2D eigenvalue weighted by Gasteiger charge is -2.13. The van der Waals surface area contributed by atoms with Crippen LogP contribution in [0.1, 0.15) is 0 Å². The average Bonchev–Trinajstić information content (AvgIpc) is 2.96. The van der Waals surface area contributed by atoms with Gasteiger partial charge in [-0.1, -0.05) is 11.6 Å². The van der Waals surface area contributed by atoms with Gasteiger partial charge in [0.25, 0.3) is 0 Å². The van der Waals surface area contributed by atoms with Crippen LogP contribution in [0.3, 0.4) is 0 Å². The minimum atomic E-state index is 0.568. The molecule has 0 saturated carbocycles. The zero-order chi connectivity index (χ0) is 15.7. The van der Waals surface area contributed by atoms with Gasteiger partial charge in [-0.3, -0.25) is 0 Å². The molecular formula is C16H14ClNO3S. The molecule has 0 aliphatic rings. The van der Waals surface area contributed by atoms with Crippen molar-refractivity contribution in [3.05, 3.63) is 35.4 Å². The summed E-state index contributed by atoms with van der Waals surface area (Å²) in [5, 5.41) is 1.55. The van der Waals surface area contributed by atoms with Crippen LogP contribution in [0.5, 0.6) is 17.2 Å². The molecule has 0 amide bonds. The normalized spacial score (nSPS) is 10.7. The van der Waals surface area contributed by atoms with E-state index in [4.69, 9.17) is 25.8 Å². The van der Waals surface area contributed by atoms with Crippen molar-refractivity contribution in [2.45, 2.75) is 0 Å². The Labute approximate surface area is 137 Å². The van der Waals surface area contributed by atoms with Crippen molar-refractivity contribution in [1.29, 1.82) is 0 Å². The third-order valence-electron chi connectivity index (χ3n) is 3.26. The van der Waals surface area contributed by atoms with Crippen LogP contribution in [0.25, 0.3) is 20.8 Å². The highest BCUT2D eigenvalue weighted by Gasteiger charge is 2.16. The first-order valence-electron chi connectivity index (χ1n) is 6.52. The molecule has 2 aromatic carbocycles. The van der Waals surface area contributed by atoms with Gasteiger partial charge in [0.05, 0.1) is 31.5 Å². The van der Waals surface area contributed by atoms with Gasteiger partial charge in [-0.15, -0.1) is 11.3 Å². The van der Waals surface area contributed by atoms with Crippen LogP contribution < -0.4 is 14.2 Å². The zero-order valence-corrected chi connectivity index (χ0v) is 13.9. The van der Waals surface area contributed by atoms with Crippen LogP contribution in [0, 0.1) is 0 Å². The maximum Gasteiger partial charge on any atom is 0.203 e. The molecule has 6 heteroatoms. The Hall–Kier alpha value is -1.98. The fourth-order valence-electron chi connectivity index (χ4n) is 2.23. The number of fused-ring (bicyclic) bond motifs is 1. The second kappa shape index (κ2) is 6.02. The van der Waals surface area contributed by atoms with Crippen molar-refractivity contribution in [2.75, 3.05) is 21.3 Å². The zero-order valence-electron chi connectivity index (χ0n) is 12.3. The molecule has 0 aliphatic heterocycles. The van der Waals surface area contributed by atoms with Crippen molar-refractivity contribution < 1.29 is 14.2 Å². The minimum absolute atomic E-state index is 0.568. The number of thiazole rings is 1. The molecule has 0 fully saturated rings. The Kier molecular flexibility index (Phi) is 4.09. The maximum atomic E-state index is 6.02. The van der Waals surface area contributed by atoms with E-state index in [9.17, 15) is 0 Å². The molecule has 0 aliphatic carbocycles. The third-order valence-corrected chi connectivity index (χ3v) is 4.58. The predicted molar refractivity (Wildman–Crippen MR) is 89.7 cm³/mol. The second-order valence-corrected chi connectivity index (χ2v) is 6.01. The Morgan fingerprint density at radius 1 is 0.955 bits per heavy atom. The van der Waals surface area contributed by atoms with Crippen LogP contribution in [-0.4, -0.2) is 26.3 Å². The molecule has 0 bridgehead atoms. The van der Waals surface area contributed by atoms with Gasteiger partial charge in [0.1, 0.15) is 5.01 Å². The van der Waals surface area contributed by atoms with E-state index >= 15 is 0 Å². The number of hydrogen-bond donors (Lipinski definition) is 0. The van der Waals surface area contributed by atoms with Crippen LogP contribution >= 0.6 is 22.9 Å². The Bertz CT molecular complexity index is 806. The van der Waals surface area contributed by atoms with Crippen LogP contribution in [-0.2, 0) is 0 Å². The molecule has 114 valence electrons. The van der Waals surface area contributed by atoms with E-state index in [0.717, 1.165) is 20.8 Å². The van der Waals surface area contributed by atoms with Crippen molar-refractivity contribution in [2.24, 2.45) is 0 Å². The van der Waals surface area contributed by atoms with E-state index < -0.39 is 0 Å². The Balaban J connectivity index is 2.17. The molecule has 0 spiro atoms. The SMILES string of the molecule is COc1cc(-c2nc3cc(Cl)ccc3s2)cc(OC)c1OC. The van der Waals surface area contributed by atoms with E-state index in [0.29, 0.717) is 22.3 Å². The van der Waals surface area contributed by atoms with E-state index in [2.05, 4.69) is 4.98 Å². The molecule has 22 heavy (non-hydrogen) atoms.